The fourth-order valence-corrected chi connectivity index (χ4v) is 2.36. The second-order valence-electron chi connectivity index (χ2n) is 5.18. The quantitative estimate of drug-likeness (QED) is 0.425. The van der Waals surface area contributed by atoms with E-state index >= 15 is 0 Å². The number of nitro benzene ring substituents is 1. The monoisotopic (exact) mass is 318 g/mol. The highest BCUT2D eigenvalue weighted by Crippen LogP contribution is 2.29. The van der Waals surface area contributed by atoms with E-state index in [2.05, 4.69) is 5.32 Å². The molecule has 0 radical (unpaired) electrons. The van der Waals surface area contributed by atoms with Gasteiger partial charge in [0.15, 0.2) is 5.78 Å². The molecule has 0 aliphatic rings. The number of nitrogens with one attached hydrogen (secondary N) is 1. The van der Waals surface area contributed by atoms with Gasteiger partial charge in [0.25, 0.3) is 5.69 Å². The predicted molar refractivity (Wildman–Crippen MR) is 92.7 cm³/mol. The van der Waals surface area contributed by atoms with E-state index in [-0.39, 0.29) is 17.0 Å². The van der Waals surface area contributed by atoms with Crippen molar-refractivity contribution in [1.82, 2.24) is 0 Å². The largest absolute Gasteiger partial charge is 0.350 e. The number of ketones is 1. The molecule has 5 heteroatoms. The second-order valence-corrected chi connectivity index (χ2v) is 5.18. The zero-order valence-corrected chi connectivity index (χ0v) is 12.7. The fourth-order valence-electron chi connectivity index (χ4n) is 2.36. The molecular formula is C19H14N2O3. The Morgan fingerprint density at radius 2 is 1.46 bits per heavy atom. The molecule has 24 heavy (non-hydrogen) atoms. The SMILES string of the molecule is O=C(c1ccccc1)c1ccc(Nc2ccccc2)c([N+](=O)[O-])c1. The van der Waals surface area contributed by atoms with Crippen LogP contribution in [0, 0.1) is 10.1 Å². The van der Waals surface area contributed by atoms with E-state index in [1.165, 1.54) is 6.07 Å². The lowest BCUT2D eigenvalue weighted by Crippen LogP contribution is -2.04. The van der Waals surface area contributed by atoms with Gasteiger partial charge in [-0.3, -0.25) is 14.9 Å². The molecule has 3 rings (SSSR count). The van der Waals surface area contributed by atoms with Gasteiger partial charge in [0, 0.05) is 22.9 Å². The van der Waals surface area contributed by atoms with Crippen LogP contribution >= 0.6 is 0 Å². The van der Waals surface area contributed by atoms with E-state index in [0.717, 1.165) is 5.69 Å². The van der Waals surface area contributed by atoms with Crippen molar-refractivity contribution in [1.29, 1.82) is 0 Å². The minimum atomic E-state index is -0.493. The third kappa shape index (κ3) is 3.30. The third-order valence-electron chi connectivity index (χ3n) is 3.55. The van der Waals surface area contributed by atoms with Crippen LogP contribution in [0.15, 0.2) is 78.9 Å². The van der Waals surface area contributed by atoms with Crippen molar-refractivity contribution < 1.29 is 9.72 Å². The fraction of sp³-hybridized carbons (Fsp3) is 0. The Morgan fingerprint density at radius 3 is 2.08 bits per heavy atom. The molecule has 0 heterocycles. The summed E-state index contributed by atoms with van der Waals surface area (Å²) in [5.41, 5.74) is 1.72. The normalized spacial score (nSPS) is 10.2. The first-order valence-electron chi connectivity index (χ1n) is 7.35. The van der Waals surface area contributed by atoms with E-state index in [0.29, 0.717) is 11.3 Å². The Balaban J connectivity index is 1.96. The third-order valence-corrected chi connectivity index (χ3v) is 3.55. The van der Waals surface area contributed by atoms with Gasteiger partial charge >= 0.3 is 0 Å². The van der Waals surface area contributed by atoms with Crippen LogP contribution in [0.4, 0.5) is 17.1 Å². The molecule has 1 N–H and O–H groups in total. The van der Waals surface area contributed by atoms with Gasteiger partial charge in [0.1, 0.15) is 5.69 Å². The zero-order chi connectivity index (χ0) is 16.9. The molecule has 0 saturated carbocycles. The summed E-state index contributed by atoms with van der Waals surface area (Å²) in [4.78, 5) is 23.3. The number of anilines is 2. The van der Waals surface area contributed by atoms with E-state index < -0.39 is 4.92 Å². The predicted octanol–water partition coefficient (Wildman–Crippen LogP) is 4.57. The summed E-state index contributed by atoms with van der Waals surface area (Å²) in [5.74, 6) is -0.245. The Morgan fingerprint density at radius 1 is 0.833 bits per heavy atom. The number of carbonyl (C=O) groups excluding carboxylic acids is 1. The van der Waals surface area contributed by atoms with Gasteiger partial charge in [-0.1, -0.05) is 48.5 Å². The summed E-state index contributed by atoms with van der Waals surface area (Å²) >= 11 is 0. The minimum absolute atomic E-state index is 0.138. The summed E-state index contributed by atoms with van der Waals surface area (Å²) in [5, 5.41) is 14.4. The molecule has 0 aliphatic heterocycles. The number of nitro groups is 1. The van der Waals surface area contributed by atoms with Gasteiger partial charge in [-0.2, -0.15) is 0 Å². The molecule has 0 fully saturated rings. The maximum atomic E-state index is 12.4. The molecular weight excluding hydrogens is 304 g/mol. The first-order chi connectivity index (χ1) is 11.6. The summed E-state index contributed by atoms with van der Waals surface area (Å²) in [7, 11) is 0. The van der Waals surface area contributed by atoms with Crippen LogP contribution in [0.5, 0.6) is 0 Å². The minimum Gasteiger partial charge on any atom is -0.350 e. The number of hydrogen-bond donors (Lipinski definition) is 1. The Kier molecular flexibility index (Phi) is 4.34. The van der Waals surface area contributed by atoms with Crippen LogP contribution in [-0.2, 0) is 0 Å². The van der Waals surface area contributed by atoms with Gasteiger partial charge in [-0.05, 0) is 24.3 Å². The number of carbonyl (C=O) groups is 1. The van der Waals surface area contributed by atoms with Crippen molar-refractivity contribution in [3.63, 3.8) is 0 Å². The highest BCUT2D eigenvalue weighted by atomic mass is 16.6. The van der Waals surface area contributed by atoms with Gasteiger partial charge in [-0.25, -0.2) is 0 Å². The topological polar surface area (TPSA) is 72.2 Å². The number of benzene rings is 3. The smallest absolute Gasteiger partial charge is 0.293 e. The Bertz CT molecular complexity index is 878. The number of para-hydroxylation sites is 1. The van der Waals surface area contributed by atoms with Crippen LogP contribution in [0.2, 0.25) is 0 Å². The van der Waals surface area contributed by atoms with E-state index in [4.69, 9.17) is 0 Å². The van der Waals surface area contributed by atoms with E-state index in [9.17, 15) is 14.9 Å². The lowest BCUT2D eigenvalue weighted by Gasteiger charge is -2.08. The maximum absolute atomic E-state index is 12.4. The molecule has 0 amide bonds. The highest BCUT2D eigenvalue weighted by molar-refractivity contribution is 6.09. The summed E-state index contributed by atoms with van der Waals surface area (Å²) in [6.07, 6.45) is 0. The van der Waals surface area contributed by atoms with Gasteiger partial charge in [-0.15, -0.1) is 0 Å². The van der Waals surface area contributed by atoms with Crippen LogP contribution in [-0.4, -0.2) is 10.7 Å². The van der Waals surface area contributed by atoms with Crippen LogP contribution in [0.25, 0.3) is 0 Å². The molecule has 0 aliphatic carbocycles. The lowest BCUT2D eigenvalue weighted by molar-refractivity contribution is -0.383. The molecule has 118 valence electrons. The van der Waals surface area contributed by atoms with Crippen molar-refractivity contribution in [2.75, 3.05) is 5.32 Å². The zero-order valence-electron chi connectivity index (χ0n) is 12.7. The van der Waals surface area contributed by atoms with Gasteiger partial charge in [0.05, 0.1) is 4.92 Å². The standard InChI is InChI=1S/C19H14N2O3/c22-19(14-7-3-1-4-8-14)15-11-12-17(18(13-15)21(23)24)20-16-9-5-2-6-10-16/h1-13,20H. The average Bonchev–Trinajstić information content (AvgIpc) is 2.63. The molecule has 0 spiro atoms. The van der Waals surface area contributed by atoms with Crippen molar-refractivity contribution in [3.8, 4) is 0 Å². The highest BCUT2D eigenvalue weighted by Gasteiger charge is 2.18. The van der Waals surface area contributed by atoms with E-state index in [1.54, 1.807) is 36.4 Å². The van der Waals surface area contributed by atoms with Crippen molar-refractivity contribution in [3.05, 3.63) is 100 Å². The Hall–Kier alpha value is -3.47. The van der Waals surface area contributed by atoms with Gasteiger partial charge in [0.2, 0.25) is 0 Å². The lowest BCUT2D eigenvalue weighted by atomic mass is 10.0. The van der Waals surface area contributed by atoms with Crippen LogP contribution in [0.1, 0.15) is 15.9 Å². The molecule has 3 aromatic rings. The van der Waals surface area contributed by atoms with Crippen LogP contribution < -0.4 is 5.32 Å². The number of nitrogens with zero attached hydrogens (tertiary/aromatic N) is 1. The van der Waals surface area contributed by atoms with Crippen molar-refractivity contribution in [2.24, 2.45) is 0 Å². The average molecular weight is 318 g/mol. The molecule has 5 nitrogen and oxygen atoms in total. The first-order valence-corrected chi connectivity index (χ1v) is 7.35. The maximum Gasteiger partial charge on any atom is 0.293 e. The first kappa shape index (κ1) is 15.4. The summed E-state index contributed by atoms with van der Waals surface area (Å²) < 4.78 is 0. The van der Waals surface area contributed by atoms with Crippen molar-refractivity contribution in [2.45, 2.75) is 0 Å². The molecule has 0 unspecified atom stereocenters. The molecule has 0 aromatic heterocycles. The number of hydrogen-bond acceptors (Lipinski definition) is 4. The molecule has 3 aromatic carbocycles. The summed E-state index contributed by atoms with van der Waals surface area (Å²) in [6.45, 7) is 0. The molecule has 0 saturated heterocycles. The summed E-state index contributed by atoms with van der Waals surface area (Å²) in [6, 6.07) is 22.3. The molecule has 0 bridgehead atoms. The molecule has 0 atom stereocenters. The van der Waals surface area contributed by atoms with E-state index in [1.807, 2.05) is 36.4 Å². The second kappa shape index (κ2) is 6.75. The number of rotatable bonds is 5. The Labute approximate surface area is 138 Å². The van der Waals surface area contributed by atoms with Crippen LogP contribution in [0.3, 0.4) is 0 Å². The van der Waals surface area contributed by atoms with Crippen molar-refractivity contribution >= 4 is 22.8 Å². The van der Waals surface area contributed by atoms with Gasteiger partial charge < -0.3 is 5.32 Å².